The van der Waals surface area contributed by atoms with Crippen molar-refractivity contribution in [1.29, 1.82) is 0 Å². The van der Waals surface area contributed by atoms with Gasteiger partial charge in [0.05, 0.1) is 5.56 Å². The van der Waals surface area contributed by atoms with Gasteiger partial charge in [0, 0.05) is 11.4 Å². The molecule has 21 heavy (non-hydrogen) atoms. The Kier molecular flexibility index (Phi) is 4.64. The van der Waals surface area contributed by atoms with Crippen LogP contribution in [0.2, 0.25) is 0 Å². The first-order valence-corrected chi connectivity index (χ1v) is 6.24. The first-order valence-electron chi connectivity index (χ1n) is 6.24. The number of anilines is 1. The molecule has 0 aliphatic carbocycles. The van der Waals surface area contributed by atoms with E-state index in [1.165, 1.54) is 18.2 Å². The summed E-state index contributed by atoms with van der Waals surface area (Å²) in [5.74, 6) is 3.87. The standard InChI is InChI=1S/C16H13FN2O2/c1-11-4-2-6-15(18-11)16(21)19-13-8-7-12(5-3-9-20)14(17)10-13/h2,4,6-8,10,20H,9H2,1H3,(H,19,21). The number of amides is 1. The highest BCUT2D eigenvalue weighted by Crippen LogP contribution is 2.14. The molecule has 0 aliphatic rings. The van der Waals surface area contributed by atoms with Crippen LogP contribution >= 0.6 is 0 Å². The molecule has 0 saturated carbocycles. The molecule has 2 aromatic rings. The van der Waals surface area contributed by atoms with Crippen LogP contribution < -0.4 is 5.32 Å². The third-order valence-electron chi connectivity index (χ3n) is 2.65. The zero-order chi connectivity index (χ0) is 15.2. The fourth-order valence-electron chi connectivity index (χ4n) is 1.69. The molecule has 0 spiro atoms. The quantitative estimate of drug-likeness (QED) is 0.830. The van der Waals surface area contributed by atoms with Crippen LogP contribution in [0.4, 0.5) is 10.1 Å². The summed E-state index contributed by atoms with van der Waals surface area (Å²) in [6.07, 6.45) is 0. The minimum absolute atomic E-state index is 0.163. The van der Waals surface area contributed by atoms with Crippen molar-refractivity contribution in [2.75, 3.05) is 11.9 Å². The van der Waals surface area contributed by atoms with Crippen LogP contribution in [-0.4, -0.2) is 22.6 Å². The fraction of sp³-hybridized carbons (Fsp3) is 0.125. The van der Waals surface area contributed by atoms with Crippen molar-refractivity contribution in [3.05, 3.63) is 59.2 Å². The predicted octanol–water partition coefficient (Wildman–Crippen LogP) is 2.13. The number of rotatable bonds is 2. The summed E-state index contributed by atoms with van der Waals surface area (Å²) >= 11 is 0. The zero-order valence-electron chi connectivity index (χ0n) is 11.4. The third-order valence-corrected chi connectivity index (χ3v) is 2.65. The van der Waals surface area contributed by atoms with Gasteiger partial charge in [-0.25, -0.2) is 9.37 Å². The minimum Gasteiger partial charge on any atom is -0.384 e. The molecule has 0 atom stereocenters. The van der Waals surface area contributed by atoms with Gasteiger partial charge in [0.1, 0.15) is 18.1 Å². The van der Waals surface area contributed by atoms with E-state index in [0.717, 1.165) is 5.69 Å². The zero-order valence-corrected chi connectivity index (χ0v) is 11.4. The Labute approximate surface area is 121 Å². The Morgan fingerprint density at radius 2 is 2.19 bits per heavy atom. The topological polar surface area (TPSA) is 62.2 Å². The van der Waals surface area contributed by atoms with Crippen molar-refractivity contribution in [1.82, 2.24) is 4.98 Å². The second kappa shape index (κ2) is 6.64. The lowest BCUT2D eigenvalue weighted by Crippen LogP contribution is -2.14. The Morgan fingerprint density at radius 1 is 1.38 bits per heavy atom. The lowest BCUT2D eigenvalue weighted by atomic mass is 10.2. The van der Waals surface area contributed by atoms with Gasteiger partial charge in [-0.1, -0.05) is 17.9 Å². The minimum atomic E-state index is -0.564. The van der Waals surface area contributed by atoms with Gasteiger partial charge < -0.3 is 10.4 Å². The molecule has 106 valence electrons. The molecule has 0 saturated heterocycles. The Bertz CT molecular complexity index is 733. The summed E-state index contributed by atoms with van der Waals surface area (Å²) in [5, 5.41) is 11.2. The van der Waals surface area contributed by atoms with Gasteiger partial charge in [0.25, 0.3) is 5.91 Å². The van der Waals surface area contributed by atoms with E-state index >= 15 is 0 Å². The molecule has 0 fully saturated rings. The number of aryl methyl sites for hydroxylation is 1. The molecular weight excluding hydrogens is 271 g/mol. The molecule has 2 N–H and O–H groups in total. The highest BCUT2D eigenvalue weighted by molar-refractivity contribution is 6.02. The number of aliphatic hydroxyl groups is 1. The SMILES string of the molecule is Cc1cccc(C(=O)Nc2ccc(C#CCO)c(F)c2)n1. The maximum atomic E-state index is 13.7. The lowest BCUT2D eigenvalue weighted by Gasteiger charge is -2.06. The molecule has 0 bridgehead atoms. The number of hydrogen-bond donors (Lipinski definition) is 2. The molecule has 0 aliphatic heterocycles. The first-order chi connectivity index (χ1) is 10.1. The lowest BCUT2D eigenvalue weighted by molar-refractivity contribution is 0.102. The van der Waals surface area contributed by atoms with Gasteiger partial charge in [-0.05, 0) is 37.3 Å². The maximum Gasteiger partial charge on any atom is 0.274 e. The van der Waals surface area contributed by atoms with E-state index in [2.05, 4.69) is 22.1 Å². The number of carbonyl (C=O) groups excluding carboxylic acids is 1. The van der Waals surface area contributed by atoms with Gasteiger partial charge in [0.15, 0.2) is 0 Å². The van der Waals surface area contributed by atoms with Crippen molar-refractivity contribution >= 4 is 11.6 Å². The predicted molar refractivity (Wildman–Crippen MR) is 77.3 cm³/mol. The van der Waals surface area contributed by atoms with Crippen LogP contribution in [-0.2, 0) is 0 Å². The van der Waals surface area contributed by atoms with Crippen LogP contribution in [0, 0.1) is 24.6 Å². The van der Waals surface area contributed by atoms with Gasteiger partial charge in [-0.2, -0.15) is 0 Å². The van der Waals surface area contributed by atoms with Crippen molar-refractivity contribution in [2.45, 2.75) is 6.92 Å². The van der Waals surface area contributed by atoms with E-state index in [-0.39, 0.29) is 17.9 Å². The van der Waals surface area contributed by atoms with E-state index in [4.69, 9.17) is 5.11 Å². The number of carbonyl (C=O) groups is 1. The van der Waals surface area contributed by atoms with Crippen molar-refractivity contribution in [2.24, 2.45) is 0 Å². The van der Waals surface area contributed by atoms with Crippen LogP contribution in [0.15, 0.2) is 36.4 Å². The smallest absolute Gasteiger partial charge is 0.274 e. The van der Waals surface area contributed by atoms with Gasteiger partial charge in [-0.15, -0.1) is 0 Å². The third kappa shape index (κ3) is 3.88. The monoisotopic (exact) mass is 284 g/mol. The number of pyridine rings is 1. The van der Waals surface area contributed by atoms with Crippen LogP contribution in [0.3, 0.4) is 0 Å². The number of aromatic nitrogens is 1. The van der Waals surface area contributed by atoms with Crippen LogP contribution in [0.25, 0.3) is 0 Å². The van der Waals surface area contributed by atoms with E-state index in [1.807, 2.05) is 0 Å². The number of halogens is 1. The number of nitrogens with zero attached hydrogens (tertiary/aromatic N) is 1. The number of aliphatic hydroxyl groups excluding tert-OH is 1. The molecule has 4 nitrogen and oxygen atoms in total. The van der Waals surface area contributed by atoms with Gasteiger partial charge in [-0.3, -0.25) is 4.79 Å². The fourth-order valence-corrected chi connectivity index (χ4v) is 1.69. The van der Waals surface area contributed by atoms with E-state index in [9.17, 15) is 9.18 Å². The molecule has 2 rings (SSSR count). The summed E-state index contributed by atoms with van der Waals surface area (Å²) in [7, 11) is 0. The Morgan fingerprint density at radius 3 is 2.86 bits per heavy atom. The van der Waals surface area contributed by atoms with Crippen molar-refractivity contribution in [3.63, 3.8) is 0 Å². The summed E-state index contributed by atoms with van der Waals surface area (Å²) in [6.45, 7) is 1.45. The molecule has 5 heteroatoms. The second-order valence-corrected chi connectivity index (χ2v) is 4.27. The van der Waals surface area contributed by atoms with Gasteiger partial charge >= 0.3 is 0 Å². The summed E-state index contributed by atoms with van der Waals surface area (Å²) < 4.78 is 13.7. The number of benzene rings is 1. The van der Waals surface area contributed by atoms with Crippen LogP contribution in [0.1, 0.15) is 21.7 Å². The first kappa shape index (κ1) is 14.7. The van der Waals surface area contributed by atoms with Gasteiger partial charge in [0.2, 0.25) is 0 Å². The molecule has 1 heterocycles. The average molecular weight is 284 g/mol. The van der Waals surface area contributed by atoms with Crippen molar-refractivity contribution < 1.29 is 14.3 Å². The second-order valence-electron chi connectivity index (χ2n) is 4.27. The summed E-state index contributed by atoms with van der Waals surface area (Å²) in [4.78, 5) is 16.1. The molecular formula is C16H13FN2O2. The maximum absolute atomic E-state index is 13.7. The molecule has 0 unspecified atom stereocenters. The largest absolute Gasteiger partial charge is 0.384 e. The molecule has 1 aromatic heterocycles. The highest BCUT2D eigenvalue weighted by atomic mass is 19.1. The summed E-state index contributed by atoms with van der Waals surface area (Å²) in [6, 6.07) is 9.25. The Balaban J connectivity index is 2.17. The van der Waals surface area contributed by atoms with E-state index in [1.54, 1.807) is 25.1 Å². The normalized spacial score (nSPS) is 9.67. The number of nitrogens with one attached hydrogen (secondary N) is 1. The van der Waals surface area contributed by atoms with Crippen LogP contribution in [0.5, 0.6) is 0 Å². The molecule has 1 aromatic carbocycles. The number of hydrogen-bond acceptors (Lipinski definition) is 3. The highest BCUT2D eigenvalue weighted by Gasteiger charge is 2.09. The molecule has 1 amide bonds. The Hall–Kier alpha value is -2.71. The van der Waals surface area contributed by atoms with Crippen molar-refractivity contribution in [3.8, 4) is 11.8 Å². The van der Waals surface area contributed by atoms with E-state index < -0.39 is 11.7 Å². The summed E-state index contributed by atoms with van der Waals surface area (Å²) in [5.41, 5.74) is 1.47. The average Bonchev–Trinajstić information content (AvgIpc) is 2.46. The molecule has 0 radical (unpaired) electrons. The van der Waals surface area contributed by atoms with E-state index in [0.29, 0.717) is 5.69 Å².